The molecule has 0 radical (unpaired) electrons. The number of carbonyl (C=O) groups excluding carboxylic acids is 2. The van der Waals surface area contributed by atoms with Gasteiger partial charge in [0.05, 0.1) is 22.3 Å². The smallest absolute Gasteiger partial charge is 0.333 e. The molecule has 1 aliphatic heterocycles. The molecule has 1 heterocycles. The number of urea groups is 1. The number of hydrogen-bond donors (Lipinski definition) is 1. The zero-order valence-electron chi connectivity index (χ0n) is 12.5. The third-order valence-electron chi connectivity index (χ3n) is 3.43. The highest BCUT2D eigenvalue weighted by Gasteiger charge is 2.34. The molecule has 0 saturated carbocycles. The number of halogens is 2. The van der Waals surface area contributed by atoms with Gasteiger partial charge in [-0.1, -0.05) is 29.8 Å². The Balaban J connectivity index is 1.95. The summed E-state index contributed by atoms with van der Waals surface area (Å²) in [5.74, 6) is 0.0841. The predicted molar refractivity (Wildman–Crippen MR) is 96.1 cm³/mol. The lowest BCUT2D eigenvalue weighted by Gasteiger charge is -2.11. The summed E-state index contributed by atoms with van der Waals surface area (Å²) >= 11 is 9.50. The van der Waals surface area contributed by atoms with Crippen molar-refractivity contribution in [3.05, 3.63) is 63.2 Å². The lowest BCUT2D eigenvalue weighted by Crippen LogP contribution is -2.30. The Hall–Kier alpha value is -2.31. The van der Waals surface area contributed by atoms with E-state index >= 15 is 0 Å². The number of nitrogens with one attached hydrogen (secondary N) is 1. The van der Waals surface area contributed by atoms with Crippen LogP contribution in [0.2, 0.25) is 5.02 Å². The van der Waals surface area contributed by atoms with Crippen molar-refractivity contribution in [3.8, 4) is 5.75 Å². The van der Waals surface area contributed by atoms with E-state index in [0.29, 0.717) is 26.5 Å². The van der Waals surface area contributed by atoms with Crippen LogP contribution in [0.1, 0.15) is 5.56 Å². The number of ether oxygens (including phenoxy) is 1. The number of hydrogen-bond acceptors (Lipinski definition) is 3. The molecule has 2 aromatic carbocycles. The molecule has 1 N–H and O–H groups in total. The Morgan fingerprint density at radius 2 is 1.92 bits per heavy atom. The van der Waals surface area contributed by atoms with Crippen LogP contribution in [0.5, 0.6) is 5.75 Å². The summed E-state index contributed by atoms with van der Waals surface area (Å²) in [5.41, 5.74) is 1.35. The molecule has 3 rings (SSSR count). The Bertz CT molecular complexity index is 829. The van der Waals surface area contributed by atoms with Crippen LogP contribution < -0.4 is 15.0 Å². The van der Waals surface area contributed by atoms with Gasteiger partial charge in [0.25, 0.3) is 5.91 Å². The molecular weight excluding hydrogens is 396 g/mol. The van der Waals surface area contributed by atoms with Crippen molar-refractivity contribution in [1.82, 2.24) is 5.32 Å². The van der Waals surface area contributed by atoms with Crippen molar-refractivity contribution in [2.75, 3.05) is 12.0 Å². The van der Waals surface area contributed by atoms with Gasteiger partial charge >= 0.3 is 6.03 Å². The number of rotatable bonds is 3. The molecule has 1 fully saturated rings. The van der Waals surface area contributed by atoms with Crippen LogP contribution in [-0.4, -0.2) is 19.0 Å². The predicted octanol–water partition coefficient (Wildman–Crippen LogP) is 4.21. The molecule has 2 aromatic rings. The van der Waals surface area contributed by atoms with Crippen LogP contribution in [-0.2, 0) is 4.79 Å². The second-order valence-electron chi connectivity index (χ2n) is 4.98. The molecule has 0 unspecified atom stereocenters. The van der Waals surface area contributed by atoms with E-state index in [1.165, 1.54) is 7.11 Å². The first-order chi connectivity index (χ1) is 11.5. The van der Waals surface area contributed by atoms with Gasteiger partial charge in [0.2, 0.25) is 0 Å². The average molecular weight is 408 g/mol. The van der Waals surface area contributed by atoms with Crippen LogP contribution >= 0.6 is 27.5 Å². The van der Waals surface area contributed by atoms with Crippen molar-refractivity contribution >= 4 is 51.2 Å². The van der Waals surface area contributed by atoms with Crippen molar-refractivity contribution in [2.24, 2.45) is 0 Å². The van der Waals surface area contributed by atoms with Gasteiger partial charge in [-0.15, -0.1) is 0 Å². The third kappa shape index (κ3) is 3.02. The van der Waals surface area contributed by atoms with Crippen LogP contribution in [0.3, 0.4) is 0 Å². The molecule has 122 valence electrons. The van der Waals surface area contributed by atoms with Gasteiger partial charge in [-0.25, -0.2) is 9.69 Å². The van der Waals surface area contributed by atoms with E-state index in [4.69, 9.17) is 16.3 Å². The number of methoxy groups -OCH3 is 1. The fourth-order valence-corrected chi connectivity index (χ4v) is 3.43. The summed E-state index contributed by atoms with van der Waals surface area (Å²) in [6.07, 6.45) is 1.57. The van der Waals surface area contributed by atoms with Crippen molar-refractivity contribution in [1.29, 1.82) is 0 Å². The fraction of sp³-hybridized carbons (Fsp3) is 0.0588. The van der Waals surface area contributed by atoms with Crippen LogP contribution in [0.4, 0.5) is 10.5 Å². The third-order valence-corrected chi connectivity index (χ3v) is 4.30. The van der Waals surface area contributed by atoms with Crippen LogP contribution in [0.15, 0.2) is 52.6 Å². The number of anilines is 1. The average Bonchev–Trinajstić information content (AvgIpc) is 2.82. The van der Waals surface area contributed by atoms with Crippen LogP contribution in [0, 0.1) is 0 Å². The maximum absolute atomic E-state index is 12.5. The lowest BCUT2D eigenvalue weighted by atomic mass is 10.1. The molecule has 0 aliphatic carbocycles. The van der Waals surface area contributed by atoms with E-state index in [1.807, 2.05) is 6.07 Å². The minimum atomic E-state index is -0.490. The Morgan fingerprint density at radius 1 is 1.21 bits per heavy atom. The number of para-hydroxylation sites is 1. The second-order valence-corrected chi connectivity index (χ2v) is 6.24. The molecule has 5 nitrogen and oxygen atoms in total. The number of carbonyl (C=O) groups is 2. The maximum atomic E-state index is 12.5. The molecule has 0 atom stereocenters. The summed E-state index contributed by atoms with van der Waals surface area (Å²) in [5, 5.41) is 2.98. The number of benzene rings is 2. The normalized spacial score (nSPS) is 15.8. The van der Waals surface area contributed by atoms with E-state index in [2.05, 4.69) is 21.2 Å². The highest BCUT2D eigenvalue weighted by Crippen LogP contribution is 2.35. The van der Waals surface area contributed by atoms with Crippen molar-refractivity contribution in [2.45, 2.75) is 0 Å². The Morgan fingerprint density at radius 3 is 2.54 bits per heavy atom. The topological polar surface area (TPSA) is 58.6 Å². The molecule has 0 spiro atoms. The first-order valence-corrected chi connectivity index (χ1v) is 8.13. The van der Waals surface area contributed by atoms with Gasteiger partial charge in [0.15, 0.2) is 5.75 Å². The van der Waals surface area contributed by atoms with E-state index in [0.717, 1.165) is 4.90 Å². The minimum Gasteiger partial charge on any atom is -0.494 e. The van der Waals surface area contributed by atoms with Crippen molar-refractivity contribution < 1.29 is 14.3 Å². The largest absolute Gasteiger partial charge is 0.494 e. The van der Waals surface area contributed by atoms with Crippen molar-refractivity contribution in [3.63, 3.8) is 0 Å². The van der Waals surface area contributed by atoms with Gasteiger partial charge in [0.1, 0.15) is 5.70 Å². The molecule has 0 bridgehead atoms. The highest BCUT2D eigenvalue weighted by atomic mass is 79.9. The fourth-order valence-electron chi connectivity index (χ4n) is 2.37. The second kappa shape index (κ2) is 6.67. The van der Waals surface area contributed by atoms with Crippen LogP contribution in [0.25, 0.3) is 6.08 Å². The number of imide groups is 1. The highest BCUT2D eigenvalue weighted by molar-refractivity contribution is 9.10. The number of nitrogens with zero attached hydrogens (tertiary/aromatic N) is 1. The monoisotopic (exact) mass is 406 g/mol. The van der Waals surface area contributed by atoms with Gasteiger partial charge in [-0.05, 0) is 51.8 Å². The van der Waals surface area contributed by atoms with E-state index in [-0.39, 0.29) is 5.70 Å². The minimum absolute atomic E-state index is 0.178. The van der Waals surface area contributed by atoms with E-state index in [9.17, 15) is 9.59 Å². The molecule has 3 amide bonds. The summed E-state index contributed by atoms with van der Waals surface area (Å²) in [4.78, 5) is 25.7. The van der Waals surface area contributed by atoms with Gasteiger partial charge in [0, 0.05) is 0 Å². The zero-order valence-corrected chi connectivity index (χ0v) is 14.9. The maximum Gasteiger partial charge on any atom is 0.333 e. The summed E-state index contributed by atoms with van der Waals surface area (Å²) in [6.45, 7) is 0. The summed E-state index contributed by atoms with van der Waals surface area (Å²) in [7, 11) is 1.52. The SMILES string of the molecule is COc1c(Cl)cc(/C=C2/NC(=O)N(c3ccccc3)C2=O)cc1Br. The van der Waals surface area contributed by atoms with Gasteiger partial charge in [-0.2, -0.15) is 0 Å². The Labute approximate surface area is 152 Å². The van der Waals surface area contributed by atoms with Gasteiger partial charge < -0.3 is 10.1 Å². The zero-order chi connectivity index (χ0) is 17.3. The Kier molecular flexibility index (Phi) is 4.59. The first kappa shape index (κ1) is 16.5. The lowest BCUT2D eigenvalue weighted by molar-refractivity contribution is -0.113. The van der Waals surface area contributed by atoms with E-state index in [1.54, 1.807) is 42.5 Å². The standard InChI is InChI=1S/C17H12BrClN2O3/c1-24-15-12(18)7-10(8-13(15)19)9-14-16(22)21(17(23)20-14)11-5-3-2-4-6-11/h2-9H,1H3,(H,20,23)/b14-9+. The molecule has 1 aliphatic rings. The number of amides is 3. The molecule has 1 saturated heterocycles. The summed E-state index contributed by atoms with van der Waals surface area (Å²) in [6, 6.07) is 11.6. The van der Waals surface area contributed by atoms with Gasteiger partial charge in [-0.3, -0.25) is 4.79 Å². The van der Waals surface area contributed by atoms with E-state index < -0.39 is 11.9 Å². The molecule has 24 heavy (non-hydrogen) atoms. The summed E-state index contributed by atoms with van der Waals surface area (Å²) < 4.78 is 5.82. The molecule has 7 heteroatoms. The molecular formula is C17H12BrClN2O3. The molecule has 0 aromatic heterocycles. The first-order valence-electron chi connectivity index (χ1n) is 6.96. The quantitative estimate of drug-likeness (QED) is 0.612.